The van der Waals surface area contributed by atoms with Crippen molar-refractivity contribution in [2.75, 3.05) is 0 Å². The normalized spacial score (nSPS) is 14.3. The molecule has 0 radical (unpaired) electrons. The highest BCUT2D eigenvalue weighted by atomic mass is 35.5. The monoisotopic (exact) mass is 198 g/mol. The second-order valence-electron chi connectivity index (χ2n) is 3.70. The third-order valence-corrected chi connectivity index (χ3v) is 7.96. The minimum atomic E-state index is -1.39. The highest BCUT2D eigenvalue weighted by Gasteiger charge is 2.28. The first-order valence-electron chi connectivity index (χ1n) is 4.24. The first-order chi connectivity index (χ1) is 5.55. The molecule has 0 spiro atoms. The second-order valence-corrected chi connectivity index (χ2v) is 9.61. The Morgan fingerprint density at radius 3 is 2.08 bits per heavy atom. The lowest BCUT2D eigenvalue weighted by atomic mass is 10.4. The van der Waals surface area contributed by atoms with Crippen molar-refractivity contribution in [2.24, 2.45) is 0 Å². The van der Waals surface area contributed by atoms with Gasteiger partial charge in [-0.1, -0.05) is 55.5 Å². The molecule has 0 aliphatic rings. The van der Waals surface area contributed by atoms with Gasteiger partial charge in [-0.05, 0) is 0 Å². The maximum Gasteiger partial charge on any atom is 0.0993 e. The average molecular weight is 199 g/mol. The molecule has 0 aromatic heterocycles. The van der Waals surface area contributed by atoms with Crippen LogP contribution in [0.25, 0.3) is 0 Å². The molecular weight excluding hydrogens is 184 g/mol. The Kier molecular flexibility index (Phi) is 2.97. The van der Waals surface area contributed by atoms with E-state index in [0.717, 1.165) is 0 Å². The highest BCUT2D eigenvalue weighted by molar-refractivity contribution is 6.95. The molecule has 0 nitrogen and oxygen atoms in total. The van der Waals surface area contributed by atoms with Crippen molar-refractivity contribution in [1.29, 1.82) is 0 Å². The molecule has 12 heavy (non-hydrogen) atoms. The van der Waals surface area contributed by atoms with Crippen molar-refractivity contribution in [3.63, 3.8) is 0 Å². The number of hydrogen-bond acceptors (Lipinski definition) is 0. The Bertz CT molecular complexity index is 241. The molecule has 0 saturated carbocycles. The Hall–Kier alpha value is -0.273. The first kappa shape index (κ1) is 9.81. The van der Waals surface area contributed by atoms with Crippen LogP contribution in [0, 0.1) is 0 Å². The molecule has 0 bridgehead atoms. The van der Waals surface area contributed by atoms with Crippen LogP contribution in [0.5, 0.6) is 0 Å². The summed E-state index contributed by atoms with van der Waals surface area (Å²) in [4.78, 5) is 0. The lowest BCUT2D eigenvalue weighted by Crippen LogP contribution is -2.48. The van der Waals surface area contributed by atoms with Gasteiger partial charge in [-0.3, -0.25) is 0 Å². The van der Waals surface area contributed by atoms with E-state index in [1.807, 2.05) is 6.07 Å². The van der Waals surface area contributed by atoms with Gasteiger partial charge in [0.05, 0.1) is 8.07 Å². The van der Waals surface area contributed by atoms with Gasteiger partial charge in [0, 0.05) is 5.00 Å². The van der Waals surface area contributed by atoms with Crippen LogP contribution in [0.4, 0.5) is 0 Å². The molecule has 2 heteroatoms. The van der Waals surface area contributed by atoms with Crippen LogP contribution in [0.15, 0.2) is 30.3 Å². The maximum atomic E-state index is 6.17. The number of alkyl halides is 1. The molecule has 1 aromatic rings. The van der Waals surface area contributed by atoms with Crippen molar-refractivity contribution in [1.82, 2.24) is 0 Å². The Labute approximate surface area is 80.6 Å². The van der Waals surface area contributed by atoms with Crippen molar-refractivity contribution in [2.45, 2.75) is 25.0 Å². The summed E-state index contributed by atoms with van der Waals surface area (Å²) in [6, 6.07) is 10.6. The van der Waals surface area contributed by atoms with Gasteiger partial charge in [0.1, 0.15) is 0 Å². The van der Waals surface area contributed by atoms with E-state index in [2.05, 4.69) is 44.3 Å². The molecule has 0 unspecified atom stereocenters. The molecule has 0 aliphatic carbocycles. The molecule has 1 aromatic carbocycles. The summed E-state index contributed by atoms with van der Waals surface area (Å²) in [6.07, 6.45) is 0. The van der Waals surface area contributed by atoms with Crippen molar-refractivity contribution >= 4 is 24.9 Å². The smallest absolute Gasteiger partial charge is 0.0993 e. The predicted molar refractivity (Wildman–Crippen MR) is 58.9 cm³/mol. The van der Waals surface area contributed by atoms with Gasteiger partial charge in [-0.25, -0.2) is 0 Å². The summed E-state index contributed by atoms with van der Waals surface area (Å²) in [6.45, 7) is 6.71. The average Bonchev–Trinajstić information content (AvgIpc) is 2.06. The van der Waals surface area contributed by atoms with E-state index in [4.69, 9.17) is 11.6 Å². The summed E-state index contributed by atoms with van der Waals surface area (Å²) in [5.74, 6) is 0. The van der Waals surface area contributed by atoms with Crippen LogP contribution in [0.1, 0.15) is 6.92 Å². The number of halogens is 1. The van der Waals surface area contributed by atoms with Gasteiger partial charge in [-0.2, -0.15) is 0 Å². The van der Waals surface area contributed by atoms with E-state index in [0.29, 0.717) is 5.00 Å². The molecule has 0 aliphatic heterocycles. The van der Waals surface area contributed by atoms with Gasteiger partial charge < -0.3 is 0 Å². The topological polar surface area (TPSA) is 0 Å². The van der Waals surface area contributed by atoms with E-state index in [1.165, 1.54) is 5.19 Å². The van der Waals surface area contributed by atoms with E-state index in [-0.39, 0.29) is 0 Å². The highest BCUT2D eigenvalue weighted by Crippen LogP contribution is 2.13. The summed E-state index contributed by atoms with van der Waals surface area (Å²) in [7, 11) is -1.39. The van der Waals surface area contributed by atoms with Gasteiger partial charge >= 0.3 is 0 Å². The largest absolute Gasteiger partial charge is 0.126 e. The molecule has 1 atom stereocenters. The molecule has 1 rings (SSSR count). The standard InChI is InChI=1S/C10H15ClSi/c1-9(11)12(2,3)10-7-5-4-6-8-10/h4-9H,1-3H3/t9-/m1/s1. The molecule has 0 heterocycles. The van der Waals surface area contributed by atoms with Crippen molar-refractivity contribution in [3.05, 3.63) is 30.3 Å². The minimum absolute atomic E-state index is 0.292. The fraction of sp³-hybridized carbons (Fsp3) is 0.400. The quantitative estimate of drug-likeness (QED) is 0.507. The van der Waals surface area contributed by atoms with Crippen LogP contribution in [0.3, 0.4) is 0 Å². The fourth-order valence-corrected chi connectivity index (χ4v) is 2.99. The fourth-order valence-electron chi connectivity index (χ4n) is 1.10. The Morgan fingerprint density at radius 1 is 1.17 bits per heavy atom. The van der Waals surface area contributed by atoms with Crippen molar-refractivity contribution < 1.29 is 0 Å². The first-order valence-corrected chi connectivity index (χ1v) is 7.76. The summed E-state index contributed by atoms with van der Waals surface area (Å²) < 4.78 is 0. The Balaban J connectivity index is 2.98. The van der Waals surface area contributed by atoms with Gasteiger partial charge in [-0.15, -0.1) is 11.6 Å². The van der Waals surface area contributed by atoms with E-state index in [9.17, 15) is 0 Å². The number of hydrogen-bond donors (Lipinski definition) is 0. The van der Waals surface area contributed by atoms with E-state index < -0.39 is 8.07 Å². The second kappa shape index (κ2) is 3.63. The molecular formula is C10H15ClSi. The predicted octanol–water partition coefficient (Wildman–Crippen LogP) is 2.77. The Morgan fingerprint density at radius 2 is 1.67 bits per heavy atom. The van der Waals surface area contributed by atoms with Crippen LogP contribution >= 0.6 is 11.6 Å². The molecule has 66 valence electrons. The maximum absolute atomic E-state index is 6.17. The summed E-state index contributed by atoms with van der Waals surface area (Å²) in [5.41, 5.74) is 0. The zero-order chi connectivity index (χ0) is 9.19. The zero-order valence-corrected chi connectivity index (χ0v) is 9.60. The van der Waals surface area contributed by atoms with Gasteiger partial charge in [0.25, 0.3) is 0 Å². The number of rotatable bonds is 2. The molecule has 0 N–H and O–H groups in total. The van der Waals surface area contributed by atoms with Crippen LogP contribution in [-0.4, -0.2) is 13.1 Å². The van der Waals surface area contributed by atoms with E-state index >= 15 is 0 Å². The van der Waals surface area contributed by atoms with E-state index in [1.54, 1.807) is 0 Å². The van der Waals surface area contributed by atoms with Gasteiger partial charge in [0.15, 0.2) is 0 Å². The lowest BCUT2D eigenvalue weighted by molar-refractivity contribution is 1.29. The van der Waals surface area contributed by atoms with Crippen LogP contribution in [0.2, 0.25) is 13.1 Å². The van der Waals surface area contributed by atoms with Crippen LogP contribution < -0.4 is 5.19 Å². The molecule has 0 fully saturated rings. The number of benzene rings is 1. The third-order valence-electron chi connectivity index (χ3n) is 2.51. The van der Waals surface area contributed by atoms with Crippen LogP contribution in [-0.2, 0) is 0 Å². The molecule has 0 amide bonds. The van der Waals surface area contributed by atoms with Gasteiger partial charge in [0.2, 0.25) is 0 Å². The zero-order valence-electron chi connectivity index (χ0n) is 7.84. The lowest BCUT2D eigenvalue weighted by Gasteiger charge is -2.25. The summed E-state index contributed by atoms with van der Waals surface area (Å²) >= 11 is 6.17. The SMILES string of the molecule is C[C@H](Cl)[Si](C)(C)c1ccccc1. The minimum Gasteiger partial charge on any atom is -0.126 e. The molecule has 0 saturated heterocycles. The van der Waals surface area contributed by atoms with Crippen molar-refractivity contribution in [3.8, 4) is 0 Å². The summed E-state index contributed by atoms with van der Waals surface area (Å²) in [5, 5.41) is 1.73. The third kappa shape index (κ3) is 1.90.